The highest BCUT2D eigenvalue weighted by molar-refractivity contribution is 7.13. The number of nitrogens with zero attached hydrogens (tertiary/aromatic N) is 2. The van der Waals surface area contributed by atoms with Crippen LogP contribution in [-0.4, -0.2) is 27.9 Å². The summed E-state index contributed by atoms with van der Waals surface area (Å²) in [6, 6.07) is 14.5. The Morgan fingerprint density at radius 3 is 2.60 bits per heavy atom. The predicted molar refractivity (Wildman–Crippen MR) is 116 cm³/mol. The molecule has 0 saturated carbocycles. The topological polar surface area (TPSA) is 97.1 Å². The van der Waals surface area contributed by atoms with E-state index in [1.165, 1.54) is 11.5 Å². The number of nitrogens with one attached hydrogen (secondary N) is 2. The molecule has 0 fully saturated rings. The predicted octanol–water partition coefficient (Wildman–Crippen LogP) is 4.13. The maximum absolute atomic E-state index is 12.8. The summed E-state index contributed by atoms with van der Waals surface area (Å²) < 4.78 is 10.4. The van der Waals surface area contributed by atoms with Gasteiger partial charge < -0.3 is 15.2 Å². The van der Waals surface area contributed by atoms with Crippen LogP contribution >= 0.6 is 11.5 Å². The number of amides is 2. The summed E-state index contributed by atoms with van der Waals surface area (Å²) in [6.45, 7) is 4.16. The molecule has 0 radical (unpaired) electrons. The summed E-state index contributed by atoms with van der Waals surface area (Å²) in [5, 5.41) is 10.4. The summed E-state index contributed by atoms with van der Waals surface area (Å²) in [4.78, 5) is 25.5. The van der Waals surface area contributed by atoms with Crippen LogP contribution in [0, 0.1) is 13.8 Å². The number of hydrogen-bond acceptors (Lipinski definition) is 6. The van der Waals surface area contributed by atoms with Crippen LogP contribution < -0.4 is 10.6 Å². The molecule has 2 aromatic heterocycles. The van der Waals surface area contributed by atoms with Gasteiger partial charge in [-0.3, -0.25) is 9.59 Å². The molecule has 8 heteroatoms. The molecule has 7 nitrogen and oxygen atoms in total. The van der Waals surface area contributed by atoms with Gasteiger partial charge >= 0.3 is 0 Å². The maximum atomic E-state index is 12.8. The smallest absolute Gasteiger partial charge is 0.276 e. The molecule has 0 bridgehead atoms. The first-order valence-electron chi connectivity index (χ1n) is 9.49. The van der Waals surface area contributed by atoms with E-state index >= 15 is 0 Å². The lowest BCUT2D eigenvalue weighted by atomic mass is 10.1. The van der Waals surface area contributed by atoms with Crippen molar-refractivity contribution in [2.24, 2.45) is 0 Å². The van der Waals surface area contributed by atoms with Crippen molar-refractivity contribution in [2.75, 3.05) is 11.9 Å². The van der Waals surface area contributed by atoms with Crippen LogP contribution in [0.15, 0.2) is 53.1 Å². The fourth-order valence-corrected chi connectivity index (χ4v) is 4.05. The molecule has 0 aliphatic carbocycles. The van der Waals surface area contributed by atoms with Crippen LogP contribution in [0.1, 0.15) is 37.9 Å². The number of rotatable bonds is 6. The van der Waals surface area contributed by atoms with Gasteiger partial charge in [0.25, 0.3) is 11.8 Å². The first kappa shape index (κ1) is 19.8. The highest BCUT2D eigenvalue weighted by Gasteiger charge is 2.18. The minimum atomic E-state index is -0.344. The van der Waals surface area contributed by atoms with E-state index in [0.717, 1.165) is 27.1 Å². The Morgan fingerprint density at radius 2 is 1.80 bits per heavy atom. The largest absolute Gasteiger partial charge is 0.361 e. The Labute approximate surface area is 177 Å². The van der Waals surface area contributed by atoms with Gasteiger partial charge in [-0.15, -0.1) is 0 Å². The molecule has 0 aliphatic rings. The highest BCUT2D eigenvalue weighted by Crippen LogP contribution is 2.24. The van der Waals surface area contributed by atoms with Crippen molar-refractivity contribution >= 4 is 39.1 Å². The van der Waals surface area contributed by atoms with E-state index in [1.54, 1.807) is 24.3 Å². The van der Waals surface area contributed by atoms with Crippen molar-refractivity contribution in [3.8, 4) is 0 Å². The molecule has 2 heterocycles. The lowest BCUT2D eigenvalue weighted by Gasteiger charge is -2.11. The number of aromatic nitrogens is 2. The Balaban J connectivity index is 1.47. The van der Waals surface area contributed by atoms with E-state index in [9.17, 15) is 9.59 Å². The lowest BCUT2D eigenvalue weighted by molar-refractivity contribution is 0.0955. The Kier molecular flexibility index (Phi) is 5.58. The minimum Gasteiger partial charge on any atom is -0.361 e. The van der Waals surface area contributed by atoms with Crippen molar-refractivity contribution in [1.29, 1.82) is 0 Å². The second-order valence-corrected chi connectivity index (χ2v) is 7.64. The van der Waals surface area contributed by atoms with Gasteiger partial charge in [0, 0.05) is 17.5 Å². The molecule has 2 amide bonds. The van der Waals surface area contributed by atoms with Gasteiger partial charge in [-0.2, -0.15) is 4.37 Å². The van der Waals surface area contributed by atoms with Crippen LogP contribution in [0.3, 0.4) is 0 Å². The molecule has 0 saturated heterocycles. The highest BCUT2D eigenvalue weighted by atomic mass is 32.1. The van der Waals surface area contributed by atoms with Crippen molar-refractivity contribution in [2.45, 2.75) is 20.3 Å². The van der Waals surface area contributed by atoms with E-state index in [4.69, 9.17) is 4.52 Å². The van der Waals surface area contributed by atoms with Crippen molar-refractivity contribution < 1.29 is 14.1 Å². The quantitative estimate of drug-likeness (QED) is 0.489. The van der Waals surface area contributed by atoms with E-state index in [0.29, 0.717) is 29.9 Å². The van der Waals surface area contributed by atoms with Crippen LogP contribution in [0.5, 0.6) is 0 Å². The Morgan fingerprint density at radius 1 is 1.03 bits per heavy atom. The zero-order valence-corrected chi connectivity index (χ0v) is 17.4. The molecule has 2 aromatic carbocycles. The standard InChI is InChI=1S/C22H20N4O3S/c1-13-15(14(2)29-25-13)11-12-23-21(27)16-7-3-5-9-18(16)24-22(28)20-17-8-4-6-10-19(17)30-26-20/h3-10H,11-12H2,1-2H3,(H,23,27)(H,24,28). The average Bonchev–Trinajstić information content (AvgIpc) is 3.32. The van der Waals surface area contributed by atoms with E-state index in [2.05, 4.69) is 20.2 Å². The number of hydrogen-bond donors (Lipinski definition) is 2. The number of anilines is 1. The van der Waals surface area contributed by atoms with Crippen molar-refractivity contribution in [3.05, 3.63) is 76.8 Å². The van der Waals surface area contributed by atoms with Gasteiger partial charge in [-0.25, -0.2) is 0 Å². The molecule has 4 rings (SSSR count). The maximum Gasteiger partial charge on any atom is 0.276 e. The third-order valence-corrected chi connectivity index (χ3v) is 5.68. The normalized spacial score (nSPS) is 10.9. The molecule has 152 valence electrons. The van der Waals surface area contributed by atoms with Gasteiger partial charge in [0.15, 0.2) is 0 Å². The summed E-state index contributed by atoms with van der Waals surface area (Å²) in [5.74, 6) is 0.147. The number of carbonyl (C=O) groups excluding carboxylic acids is 2. The van der Waals surface area contributed by atoms with Crippen LogP contribution in [-0.2, 0) is 6.42 Å². The first-order valence-corrected chi connectivity index (χ1v) is 10.3. The number of benzene rings is 2. The van der Waals surface area contributed by atoms with Crippen LogP contribution in [0.2, 0.25) is 0 Å². The summed E-state index contributed by atoms with van der Waals surface area (Å²) in [6.07, 6.45) is 0.617. The number of aryl methyl sites for hydroxylation is 2. The Hall–Kier alpha value is -3.52. The molecular formula is C22H20N4O3S. The monoisotopic (exact) mass is 420 g/mol. The van der Waals surface area contributed by atoms with Gasteiger partial charge in [-0.1, -0.05) is 35.5 Å². The second kappa shape index (κ2) is 8.46. The van der Waals surface area contributed by atoms with Crippen molar-refractivity contribution in [3.63, 3.8) is 0 Å². The fraction of sp³-hybridized carbons (Fsp3) is 0.182. The van der Waals surface area contributed by atoms with Gasteiger partial charge in [0.1, 0.15) is 11.5 Å². The van der Waals surface area contributed by atoms with Crippen molar-refractivity contribution in [1.82, 2.24) is 14.8 Å². The van der Waals surface area contributed by atoms with Crippen LogP contribution in [0.25, 0.3) is 10.1 Å². The molecule has 2 N–H and O–H groups in total. The number of carbonyl (C=O) groups is 2. The van der Waals surface area contributed by atoms with Crippen LogP contribution in [0.4, 0.5) is 5.69 Å². The third kappa shape index (κ3) is 3.95. The number of fused-ring (bicyclic) bond motifs is 1. The minimum absolute atomic E-state index is 0.263. The van der Waals surface area contributed by atoms with E-state index in [-0.39, 0.29) is 11.8 Å². The molecule has 0 spiro atoms. The molecular weight excluding hydrogens is 400 g/mol. The summed E-state index contributed by atoms with van der Waals surface area (Å²) in [7, 11) is 0. The third-order valence-electron chi connectivity index (χ3n) is 4.85. The zero-order chi connectivity index (χ0) is 21.1. The Bertz CT molecular complexity index is 1210. The number of para-hydroxylation sites is 1. The molecule has 0 unspecified atom stereocenters. The molecule has 30 heavy (non-hydrogen) atoms. The fourth-order valence-electron chi connectivity index (χ4n) is 3.28. The van der Waals surface area contributed by atoms with E-state index in [1.807, 2.05) is 38.1 Å². The summed E-state index contributed by atoms with van der Waals surface area (Å²) in [5.41, 5.74) is 3.00. The molecule has 0 atom stereocenters. The average molecular weight is 420 g/mol. The molecule has 4 aromatic rings. The lowest BCUT2D eigenvalue weighted by Crippen LogP contribution is -2.27. The van der Waals surface area contributed by atoms with Gasteiger partial charge in [0.05, 0.1) is 21.6 Å². The second-order valence-electron chi connectivity index (χ2n) is 6.84. The first-order chi connectivity index (χ1) is 14.5. The zero-order valence-electron chi connectivity index (χ0n) is 16.6. The van der Waals surface area contributed by atoms with Gasteiger partial charge in [0.2, 0.25) is 0 Å². The van der Waals surface area contributed by atoms with E-state index < -0.39 is 0 Å². The molecule has 0 aliphatic heterocycles. The van der Waals surface area contributed by atoms with Gasteiger partial charge in [-0.05, 0) is 50.0 Å². The summed E-state index contributed by atoms with van der Waals surface area (Å²) >= 11 is 1.27. The SMILES string of the molecule is Cc1noc(C)c1CCNC(=O)c1ccccc1NC(=O)c1nsc2ccccc12.